The Morgan fingerprint density at radius 2 is 1.72 bits per heavy atom. The zero-order valence-electron chi connectivity index (χ0n) is 23.6. The Morgan fingerprint density at radius 1 is 0.977 bits per heavy atom. The Balaban J connectivity index is 0.000000331. The van der Waals surface area contributed by atoms with E-state index in [1.54, 1.807) is 18.3 Å². The van der Waals surface area contributed by atoms with Gasteiger partial charge in [-0.15, -0.1) is 0 Å². The van der Waals surface area contributed by atoms with Crippen molar-refractivity contribution in [1.82, 2.24) is 24.0 Å². The van der Waals surface area contributed by atoms with Crippen molar-refractivity contribution in [3.63, 3.8) is 0 Å². The van der Waals surface area contributed by atoms with Crippen molar-refractivity contribution in [2.24, 2.45) is 0 Å². The molecule has 43 heavy (non-hydrogen) atoms. The minimum atomic E-state index is -2.74. The number of imidazole rings is 1. The fourth-order valence-electron chi connectivity index (χ4n) is 4.32. The van der Waals surface area contributed by atoms with E-state index in [2.05, 4.69) is 36.1 Å². The van der Waals surface area contributed by atoms with Crippen LogP contribution in [0.4, 0.5) is 4.39 Å². The molecule has 0 aliphatic rings. The molecule has 3 aromatic heterocycles. The Bertz CT molecular complexity index is 1470. The fraction of sp³-hybridized carbons (Fsp3) is 0.300. The van der Waals surface area contributed by atoms with Crippen LogP contribution in [0.5, 0.6) is 0 Å². The molecule has 0 radical (unpaired) electrons. The van der Waals surface area contributed by atoms with Gasteiger partial charge in [0.1, 0.15) is 11.6 Å². The summed E-state index contributed by atoms with van der Waals surface area (Å²) in [5, 5.41) is 33.8. The average Bonchev–Trinajstić information content (AvgIpc) is 3.61. The number of carbonyl (C=O) groups is 3. The number of halogens is 1. The van der Waals surface area contributed by atoms with Crippen LogP contribution in [0.1, 0.15) is 36.1 Å². The Hall–Kier alpha value is -4.88. The van der Waals surface area contributed by atoms with Crippen molar-refractivity contribution in [2.75, 3.05) is 6.54 Å². The second-order valence-corrected chi connectivity index (χ2v) is 10.0. The number of rotatable bonds is 14. The third-order valence-corrected chi connectivity index (χ3v) is 6.39. The van der Waals surface area contributed by atoms with Crippen LogP contribution in [0.25, 0.3) is 5.82 Å². The molecular formula is C30H34FN5O7. The van der Waals surface area contributed by atoms with Crippen LogP contribution in [-0.4, -0.2) is 74.5 Å². The SMILES string of the molecule is Cc1ccc(-n2cccc2CN(CCCn2ccnc2)Cc2cccc(F)c2)nc1.O=C(O)CC(O)(CC(=O)O)C(=O)O. The largest absolute Gasteiger partial charge is 0.481 e. The molecule has 12 nitrogen and oxygen atoms in total. The van der Waals surface area contributed by atoms with Crippen molar-refractivity contribution < 1.29 is 39.2 Å². The molecule has 0 spiro atoms. The van der Waals surface area contributed by atoms with E-state index in [1.807, 2.05) is 50.0 Å². The van der Waals surface area contributed by atoms with E-state index >= 15 is 0 Å². The van der Waals surface area contributed by atoms with E-state index in [9.17, 15) is 18.8 Å². The van der Waals surface area contributed by atoms with Gasteiger partial charge in [-0.05, 0) is 54.8 Å². The first-order valence-corrected chi connectivity index (χ1v) is 13.4. The van der Waals surface area contributed by atoms with Crippen molar-refractivity contribution in [1.29, 1.82) is 0 Å². The van der Waals surface area contributed by atoms with Gasteiger partial charge in [0.25, 0.3) is 0 Å². The minimum Gasteiger partial charge on any atom is -0.481 e. The molecule has 0 saturated carbocycles. The van der Waals surface area contributed by atoms with Gasteiger partial charge < -0.3 is 29.6 Å². The lowest BCUT2D eigenvalue weighted by molar-refractivity contribution is -0.170. The van der Waals surface area contributed by atoms with Gasteiger partial charge in [-0.3, -0.25) is 14.5 Å². The first kappa shape index (κ1) is 32.6. The normalized spacial score (nSPS) is 11.2. The molecule has 0 aliphatic carbocycles. The summed E-state index contributed by atoms with van der Waals surface area (Å²) in [6, 6.07) is 15.1. The van der Waals surface area contributed by atoms with Crippen molar-refractivity contribution in [3.05, 3.63) is 102 Å². The lowest BCUT2D eigenvalue weighted by Crippen LogP contribution is -2.42. The quantitative estimate of drug-likeness (QED) is 0.169. The van der Waals surface area contributed by atoms with E-state index < -0.39 is 36.4 Å². The highest BCUT2D eigenvalue weighted by Crippen LogP contribution is 2.17. The average molecular weight is 596 g/mol. The van der Waals surface area contributed by atoms with Gasteiger partial charge in [-0.25, -0.2) is 19.2 Å². The van der Waals surface area contributed by atoms with Crippen LogP contribution in [0.2, 0.25) is 0 Å². The van der Waals surface area contributed by atoms with E-state index in [1.165, 1.54) is 6.07 Å². The summed E-state index contributed by atoms with van der Waals surface area (Å²) < 4.78 is 17.9. The number of aryl methyl sites for hydroxylation is 2. The summed E-state index contributed by atoms with van der Waals surface area (Å²) in [6.45, 7) is 5.27. The predicted octanol–water partition coefficient (Wildman–Crippen LogP) is 3.36. The number of hydrogen-bond acceptors (Lipinski definition) is 7. The highest BCUT2D eigenvalue weighted by atomic mass is 19.1. The van der Waals surface area contributed by atoms with Crippen LogP contribution >= 0.6 is 0 Å². The first-order valence-electron chi connectivity index (χ1n) is 13.4. The molecule has 0 unspecified atom stereocenters. The Labute approximate surface area is 247 Å². The van der Waals surface area contributed by atoms with E-state index in [0.717, 1.165) is 48.7 Å². The zero-order chi connectivity index (χ0) is 31.4. The van der Waals surface area contributed by atoms with E-state index in [0.29, 0.717) is 6.54 Å². The predicted molar refractivity (Wildman–Crippen MR) is 153 cm³/mol. The second kappa shape index (κ2) is 15.4. The highest BCUT2D eigenvalue weighted by molar-refractivity contribution is 5.88. The molecule has 0 atom stereocenters. The molecule has 0 amide bonds. The highest BCUT2D eigenvalue weighted by Gasteiger charge is 2.40. The molecule has 3 heterocycles. The molecule has 4 aromatic rings. The molecule has 0 aliphatic heterocycles. The van der Waals surface area contributed by atoms with Crippen molar-refractivity contribution in [3.8, 4) is 5.82 Å². The number of hydrogen-bond donors (Lipinski definition) is 4. The Morgan fingerprint density at radius 3 is 2.30 bits per heavy atom. The third-order valence-electron chi connectivity index (χ3n) is 6.39. The van der Waals surface area contributed by atoms with Gasteiger partial charge in [0.15, 0.2) is 5.60 Å². The smallest absolute Gasteiger partial charge is 0.336 e. The number of aliphatic hydroxyl groups is 1. The van der Waals surface area contributed by atoms with Crippen molar-refractivity contribution >= 4 is 17.9 Å². The molecule has 0 bridgehead atoms. The monoisotopic (exact) mass is 595 g/mol. The van der Waals surface area contributed by atoms with Gasteiger partial charge in [-0.2, -0.15) is 0 Å². The summed E-state index contributed by atoms with van der Waals surface area (Å²) >= 11 is 0. The van der Waals surface area contributed by atoms with Gasteiger partial charge >= 0.3 is 17.9 Å². The van der Waals surface area contributed by atoms with E-state index in [-0.39, 0.29) is 5.82 Å². The second-order valence-electron chi connectivity index (χ2n) is 10.0. The summed E-state index contributed by atoms with van der Waals surface area (Å²) in [7, 11) is 0. The zero-order valence-corrected chi connectivity index (χ0v) is 23.6. The maximum atomic E-state index is 13.7. The lowest BCUT2D eigenvalue weighted by Gasteiger charge is -2.23. The number of aromatic nitrogens is 4. The van der Waals surface area contributed by atoms with Crippen molar-refractivity contribution in [2.45, 2.75) is 51.4 Å². The molecule has 0 fully saturated rings. The van der Waals surface area contributed by atoms with Gasteiger partial charge in [0.2, 0.25) is 0 Å². The standard InChI is InChI=1S/C24H26FN5.C6H8O7/c1-20-8-9-24(27-16-20)30-13-3-7-23(30)18-29(12-4-11-28-14-10-26-19-28)17-21-5-2-6-22(25)15-21;7-3(8)1-6(13,5(11)12)2-4(9)10/h2-3,5-10,13-16,19H,4,11-12,17-18H2,1H3;13H,1-2H2,(H,7,8)(H,9,10)(H,11,12). The number of carboxylic acid groups (broad SMARTS) is 3. The molecule has 228 valence electrons. The van der Waals surface area contributed by atoms with Crippen LogP contribution in [0.3, 0.4) is 0 Å². The number of benzene rings is 1. The van der Waals surface area contributed by atoms with Gasteiger partial charge in [0.05, 0.1) is 19.2 Å². The first-order chi connectivity index (χ1) is 20.4. The minimum absolute atomic E-state index is 0.196. The topological polar surface area (TPSA) is 171 Å². The number of nitrogens with zero attached hydrogens (tertiary/aromatic N) is 5. The summed E-state index contributed by atoms with van der Waals surface area (Å²) in [4.78, 5) is 41.5. The van der Waals surface area contributed by atoms with Crippen LogP contribution in [0.15, 0.2) is 79.6 Å². The van der Waals surface area contributed by atoms with Crippen LogP contribution in [0, 0.1) is 12.7 Å². The summed E-state index contributed by atoms with van der Waals surface area (Å²) in [6.07, 6.45) is 8.23. The molecule has 4 N–H and O–H groups in total. The third kappa shape index (κ3) is 10.5. The van der Waals surface area contributed by atoms with E-state index in [4.69, 9.17) is 20.4 Å². The van der Waals surface area contributed by atoms with Gasteiger partial charge in [-0.1, -0.05) is 18.2 Å². The molecule has 0 saturated heterocycles. The fourth-order valence-corrected chi connectivity index (χ4v) is 4.32. The molecule has 4 rings (SSSR count). The molecule has 13 heteroatoms. The van der Waals surface area contributed by atoms with Gasteiger partial charge in [0, 0.05) is 56.7 Å². The number of pyridine rings is 1. The maximum absolute atomic E-state index is 13.7. The number of aliphatic carboxylic acids is 3. The van der Waals surface area contributed by atoms with Crippen LogP contribution < -0.4 is 0 Å². The van der Waals surface area contributed by atoms with Crippen LogP contribution in [-0.2, 0) is 34.0 Å². The lowest BCUT2D eigenvalue weighted by atomic mass is 9.96. The maximum Gasteiger partial charge on any atom is 0.336 e. The molecular weight excluding hydrogens is 561 g/mol. The summed E-state index contributed by atoms with van der Waals surface area (Å²) in [5.41, 5.74) is 0.534. The summed E-state index contributed by atoms with van der Waals surface area (Å²) in [5.74, 6) is -4.31. The Kier molecular flexibility index (Phi) is 11.7. The number of carboxylic acids is 3. The molecule has 1 aromatic carbocycles.